The van der Waals surface area contributed by atoms with E-state index in [1.165, 1.54) is 12.0 Å². The molecule has 1 aliphatic heterocycles. The second-order valence-electron chi connectivity index (χ2n) is 12.1. The summed E-state index contributed by atoms with van der Waals surface area (Å²) in [7, 11) is 3.10. The van der Waals surface area contributed by atoms with Crippen molar-refractivity contribution in [1.82, 2.24) is 34.8 Å². The molecule has 17 heteroatoms. The van der Waals surface area contributed by atoms with Crippen molar-refractivity contribution in [3.8, 4) is 11.4 Å². The molecule has 0 aliphatic carbocycles. The van der Waals surface area contributed by atoms with E-state index in [4.69, 9.17) is 14.2 Å². The van der Waals surface area contributed by atoms with Gasteiger partial charge in [-0.25, -0.2) is 19.1 Å². The molecule has 1 amide bonds. The fourth-order valence-corrected chi connectivity index (χ4v) is 6.47. The van der Waals surface area contributed by atoms with Gasteiger partial charge in [-0.3, -0.25) is 14.6 Å². The van der Waals surface area contributed by atoms with Crippen LogP contribution in [0.3, 0.4) is 0 Å². The van der Waals surface area contributed by atoms with E-state index in [2.05, 4.69) is 36.6 Å². The Balaban J connectivity index is 1.19. The van der Waals surface area contributed by atoms with Gasteiger partial charge in [-0.1, -0.05) is 43.0 Å². The number of allylic oxidation sites excluding steroid dienone is 2. The van der Waals surface area contributed by atoms with Gasteiger partial charge in [0, 0.05) is 76.2 Å². The van der Waals surface area contributed by atoms with Gasteiger partial charge in [0.05, 0.1) is 17.9 Å². The average molecular weight is 748 g/mol. The zero-order valence-electron chi connectivity index (χ0n) is 30.2. The van der Waals surface area contributed by atoms with Crippen molar-refractivity contribution in [1.29, 1.82) is 0 Å². The molecule has 0 spiro atoms. The van der Waals surface area contributed by atoms with E-state index in [9.17, 15) is 19.2 Å². The molecule has 2 aromatic heterocycles. The number of H-pyrrole nitrogens is 1. The summed E-state index contributed by atoms with van der Waals surface area (Å²) in [6.07, 6.45) is 7.29. The van der Waals surface area contributed by atoms with Crippen molar-refractivity contribution in [2.75, 3.05) is 64.3 Å². The third-order valence-electron chi connectivity index (χ3n) is 8.44. The highest BCUT2D eigenvalue weighted by Gasteiger charge is 2.43. The predicted molar refractivity (Wildman–Crippen MR) is 203 cm³/mol. The number of aliphatic hydroxyl groups is 2. The molecule has 1 atom stereocenters. The van der Waals surface area contributed by atoms with Crippen LogP contribution < -0.4 is 4.72 Å². The van der Waals surface area contributed by atoms with Crippen LogP contribution in [0.5, 0.6) is 0 Å². The fourth-order valence-electron chi connectivity index (χ4n) is 5.59. The van der Waals surface area contributed by atoms with Gasteiger partial charge >= 0.3 is 5.91 Å². The lowest BCUT2D eigenvalue weighted by molar-refractivity contribution is -0.269. The lowest BCUT2D eigenvalue weighted by Gasteiger charge is -2.37. The van der Waals surface area contributed by atoms with Gasteiger partial charge in [-0.05, 0) is 35.8 Å². The van der Waals surface area contributed by atoms with Crippen LogP contribution >= 0.6 is 0 Å². The van der Waals surface area contributed by atoms with Crippen molar-refractivity contribution in [3.63, 3.8) is 0 Å². The monoisotopic (exact) mass is 747 g/mol. The summed E-state index contributed by atoms with van der Waals surface area (Å²) in [4.78, 5) is 24.5. The number of amides is 1. The molecule has 0 saturated heterocycles. The molecule has 0 radical (unpaired) electrons. The normalized spacial score (nSPS) is 14.8. The quantitative estimate of drug-likeness (QED) is 0.0408. The van der Waals surface area contributed by atoms with Gasteiger partial charge in [-0.2, -0.15) is 10.2 Å². The molecule has 2 aromatic carbocycles. The number of aromatic amines is 1. The van der Waals surface area contributed by atoms with Gasteiger partial charge in [0.15, 0.2) is 11.7 Å². The SMILES string of the molecule is C=C/C(=C\N=C(C)OCCOC)c1n[nH]c2ccc(NS(=O)CCN(COC)C(O)(O)C(=O)N3CC=C(c4ccc(-c5ncn(C)n5)cc4)CC3)cc12. The number of rotatable bonds is 17. The largest absolute Gasteiger partial charge is 0.478 e. The van der Waals surface area contributed by atoms with Gasteiger partial charge in [-0.15, -0.1) is 0 Å². The highest BCUT2D eigenvalue weighted by molar-refractivity contribution is 7.86. The molecule has 4 N–H and O–H groups in total. The number of aromatic nitrogens is 5. The number of hydrogen-bond donors (Lipinski definition) is 4. The Morgan fingerprint density at radius 2 is 1.94 bits per heavy atom. The molecule has 1 unspecified atom stereocenters. The Labute approximate surface area is 310 Å². The molecule has 0 saturated carbocycles. The number of anilines is 1. The van der Waals surface area contributed by atoms with Gasteiger partial charge in [0.1, 0.15) is 36.3 Å². The topological polar surface area (TPSA) is 193 Å². The minimum atomic E-state index is -2.89. The number of carbonyl (C=O) groups excluding carboxylic acids is 1. The maximum absolute atomic E-state index is 13.4. The first-order valence-corrected chi connectivity index (χ1v) is 18.1. The van der Waals surface area contributed by atoms with Crippen LogP contribution in [0.2, 0.25) is 0 Å². The molecule has 16 nitrogen and oxygen atoms in total. The summed E-state index contributed by atoms with van der Waals surface area (Å²) in [5, 5.41) is 34.7. The highest BCUT2D eigenvalue weighted by atomic mass is 32.2. The number of nitrogens with zero attached hydrogens (tertiary/aromatic N) is 7. The molecular weight excluding hydrogens is 703 g/mol. The van der Waals surface area contributed by atoms with Crippen molar-refractivity contribution in [2.45, 2.75) is 19.3 Å². The van der Waals surface area contributed by atoms with Crippen LogP contribution in [-0.4, -0.2) is 126 Å². The number of fused-ring (bicyclic) bond motifs is 1. The smallest absolute Gasteiger partial charge is 0.310 e. The van der Waals surface area contributed by atoms with Crippen molar-refractivity contribution >= 4 is 50.5 Å². The Bertz CT molecular complexity index is 2000. The van der Waals surface area contributed by atoms with Gasteiger partial charge < -0.3 is 34.0 Å². The van der Waals surface area contributed by atoms with E-state index < -0.39 is 22.8 Å². The molecule has 0 fully saturated rings. The number of carbonyl (C=O) groups is 1. The molecule has 282 valence electrons. The number of benzene rings is 2. The first-order valence-electron chi connectivity index (χ1n) is 16.8. The zero-order chi connectivity index (χ0) is 38.0. The summed E-state index contributed by atoms with van der Waals surface area (Å²) < 4.78 is 33.5. The summed E-state index contributed by atoms with van der Waals surface area (Å²) >= 11 is 0. The minimum Gasteiger partial charge on any atom is -0.478 e. The third-order valence-corrected chi connectivity index (χ3v) is 9.46. The van der Waals surface area contributed by atoms with E-state index in [0.29, 0.717) is 48.3 Å². The van der Waals surface area contributed by atoms with Crippen LogP contribution in [0.25, 0.3) is 33.4 Å². The van der Waals surface area contributed by atoms with E-state index in [1.807, 2.05) is 37.4 Å². The summed E-state index contributed by atoms with van der Waals surface area (Å²) in [5.74, 6) is -2.76. The molecule has 4 aromatic rings. The fraction of sp³-hybridized carbons (Fsp3) is 0.361. The van der Waals surface area contributed by atoms with Crippen LogP contribution in [0.4, 0.5) is 5.69 Å². The number of nitrogens with one attached hydrogen (secondary N) is 2. The Hall–Kier alpha value is -5.04. The molecular formula is C36H45N9O7S. The standard InChI is InChI=1S/C36H45N9O7S/c1-6-26(22-37-25(2)52-19-18-50-4)33-31-21-30(11-12-32(31)39-40-33)42-53(49)20-17-45(24-51-5)36(47,48)35(46)44-15-13-28(14-16-44)27-7-9-29(10-8-27)34-38-23-43(3)41-34/h6-13,21-23,42,47-48H,1,14-20,24H2,2-5H3,(H,39,40)/b26-22+,37-25?. The number of methoxy groups -OCH3 is 2. The van der Waals surface area contributed by atoms with E-state index in [0.717, 1.165) is 32.5 Å². The molecule has 1 aliphatic rings. The summed E-state index contributed by atoms with van der Waals surface area (Å²) in [6.45, 7) is 6.48. The number of hydrogen-bond acceptors (Lipinski definition) is 12. The summed E-state index contributed by atoms with van der Waals surface area (Å²) in [6, 6.07) is 13.2. The average Bonchev–Trinajstić information content (AvgIpc) is 3.79. The number of aliphatic imine (C=N–C) groups is 1. The number of aryl methyl sites for hydroxylation is 1. The lowest BCUT2D eigenvalue weighted by atomic mass is 9.98. The first kappa shape index (κ1) is 39.2. The van der Waals surface area contributed by atoms with E-state index >= 15 is 0 Å². The van der Waals surface area contributed by atoms with Crippen molar-refractivity contribution < 1.29 is 33.4 Å². The molecule has 5 rings (SSSR count). The van der Waals surface area contributed by atoms with Crippen LogP contribution in [-0.2, 0) is 37.0 Å². The lowest BCUT2D eigenvalue weighted by Crippen LogP contribution is -2.61. The van der Waals surface area contributed by atoms with E-state index in [1.54, 1.807) is 55.5 Å². The van der Waals surface area contributed by atoms with Crippen LogP contribution in [0, 0.1) is 0 Å². The minimum absolute atomic E-state index is 0.0568. The van der Waals surface area contributed by atoms with Gasteiger partial charge in [0.25, 0.3) is 5.91 Å². The maximum Gasteiger partial charge on any atom is 0.310 e. The van der Waals surface area contributed by atoms with Crippen LogP contribution in [0.1, 0.15) is 24.6 Å². The van der Waals surface area contributed by atoms with Crippen molar-refractivity contribution in [2.24, 2.45) is 12.0 Å². The predicted octanol–water partition coefficient (Wildman–Crippen LogP) is 2.90. The Kier molecular flexibility index (Phi) is 13.4. The second-order valence-corrected chi connectivity index (χ2v) is 13.4. The zero-order valence-corrected chi connectivity index (χ0v) is 31.0. The molecule has 0 bridgehead atoms. The second kappa shape index (κ2) is 18.1. The molecule has 3 heterocycles. The summed E-state index contributed by atoms with van der Waals surface area (Å²) in [5.41, 5.74) is 5.43. The first-order chi connectivity index (χ1) is 25.5. The Morgan fingerprint density at radius 1 is 1.17 bits per heavy atom. The maximum atomic E-state index is 13.4. The number of ether oxygens (including phenoxy) is 3. The van der Waals surface area contributed by atoms with E-state index in [-0.39, 0.29) is 32.1 Å². The Morgan fingerprint density at radius 3 is 2.60 bits per heavy atom. The van der Waals surface area contributed by atoms with Crippen LogP contribution in [0.15, 0.2) is 78.7 Å². The van der Waals surface area contributed by atoms with Gasteiger partial charge in [0.2, 0.25) is 0 Å². The molecule has 53 heavy (non-hydrogen) atoms. The van der Waals surface area contributed by atoms with Crippen molar-refractivity contribution in [3.05, 3.63) is 85.0 Å². The highest BCUT2D eigenvalue weighted by Crippen LogP contribution is 2.28. The third kappa shape index (κ3) is 9.89.